The van der Waals surface area contributed by atoms with E-state index in [9.17, 15) is 15.2 Å². The predicted octanol–water partition coefficient (Wildman–Crippen LogP) is 1.31. The van der Waals surface area contributed by atoms with Crippen molar-refractivity contribution in [3.05, 3.63) is 40.0 Å². The zero-order chi connectivity index (χ0) is 14.4. The van der Waals surface area contributed by atoms with Crippen molar-refractivity contribution in [1.29, 1.82) is 0 Å². The molecule has 1 aromatic heterocycles. The molecular formula is C12H12N5O3-. The first-order valence-electron chi connectivity index (χ1n) is 5.87. The number of H-pyrrole nitrogens is 1. The van der Waals surface area contributed by atoms with Gasteiger partial charge in [0.1, 0.15) is 5.69 Å². The standard InChI is InChI=1S/C12H12N5O3/c1-15(2)10-9-11(14-12(18)13-10)17(20)8-6-4-3-5-7(8)16(9)19/h3-6,20H,1-2H3,(H,13,14,18)/q-1. The summed E-state index contributed by atoms with van der Waals surface area (Å²) >= 11 is 0. The Morgan fingerprint density at radius 3 is 2.60 bits per heavy atom. The Kier molecular flexibility index (Phi) is 2.63. The molecule has 2 N–H and O–H groups in total. The quantitative estimate of drug-likeness (QED) is 0.808. The number of hydrogen-bond donors (Lipinski definition) is 2. The Balaban J connectivity index is 2.33. The van der Waals surface area contributed by atoms with Crippen molar-refractivity contribution < 1.29 is 5.21 Å². The van der Waals surface area contributed by atoms with Crippen LogP contribution >= 0.6 is 0 Å². The van der Waals surface area contributed by atoms with Gasteiger partial charge in [-0.1, -0.05) is 12.1 Å². The van der Waals surface area contributed by atoms with Crippen LogP contribution in [0.2, 0.25) is 0 Å². The molecule has 0 fully saturated rings. The van der Waals surface area contributed by atoms with Crippen molar-refractivity contribution in [2.45, 2.75) is 0 Å². The highest BCUT2D eigenvalue weighted by Gasteiger charge is 2.28. The Labute approximate surface area is 114 Å². The topological polar surface area (TPSA) is 98.8 Å². The van der Waals surface area contributed by atoms with Gasteiger partial charge in [0.2, 0.25) is 0 Å². The van der Waals surface area contributed by atoms with Gasteiger partial charge in [-0.15, -0.1) is 0 Å². The molecule has 0 aliphatic carbocycles. The van der Waals surface area contributed by atoms with Gasteiger partial charge in [0, 0.05) is 14.1 Å². The van der Waals surface area contributed by atoms with Crippen LogP contribution in [0.5, 0.6) is 0 Å². The molecule has 8 nitrogen and oxygen atoms in total. The highest BCUT2D eigenvalue weighted by molar-refractivity contribution is 5.95. The van der Waals surface area contributed by atoms with E-state index in [1.54, 1.807) is 43.3 Å². The van der Waals surface area contributed by atoms with Gasteiger partial charge in [-0.05, 0) is 12.1 Å². The van der Waals surface area contributed by atoms with Gasteiger partial charge in [0.25, 0.3) is 0 Å². The van der Waals surface area contributed by atoms with Gasteiger partial charge in [0.15, 0.2) is 11.6 Å². The number of nitrogens with zero attached hydrogens (tertiary/aromatic N) is 4. The van der Waals surface area contributed by atoms with Crippen molar-refractivity contribution in [1.82, 2.24) is 9.97 Å². The van der Waals surface area contributed by atoms with Crippen LogP contribution in [0.4, 0.5) is 28.7 Å². The molecule has 2 aromatic rings. The van der Waals surface area contributed by atoms with Crippen molar-refractivity contribution in [3.63, 3.8) is 0 Å². The highest BCUT2D eigenvalue weighted by atomic mass is 16.5. The lowest BCUT2D eigenvalue weighted by molar-refractivity contribution is 0.296. The van der Waals surface area contributed by atoms with Gasteiger partial charge in [-0.25, -0.2) is 9.86 Å². The molecule has 1 aromatic carbocycles. The average Bonchev–Trinajstić information content (AvgIpc) is 2.43. The van der Waals surface area contributed by atoms with Gasteiger partial charge >= 0.3 is 5.69 Å². The molecule has 0 atom stereocenters. The first-order valence-corrected chi connectivity index (χ1v) is 5.87. The Bertz CT molecular complexity index is 727. The number of aromatic nitrogens is 2. The lowest BCUT2D eigenvalue weighted by Gasteiger charge is -2.41. The van der Waals surface area contributed by atoms with Crippen LogP contribution in [0.15, 0.2) is 29.1 Å². The van der Waals surface area contributed by atoms with Gasteiger partial charge in [-0.2, -0.15) is 4.98 Å². The molecule has 1 aliphatic heterocycles. The molecule has 8 heteroatoms. The van der Waals surface area contributed by atoms with E-state index in [-0.39, 0.29) is 23.0 Å². The number of para-hydroxylation sites is 2. The van der Waals surface area contributed by atoms with E-state index >= 15 is 0 Å². The second kappa shape index (κ2) is 4.22. The molecule has 0 spiro atoms. The van der Waals surface area contributed by atoms with Crippen molar-refractivity contribution in [3.8, 4) is 0 Å². The van der Waals surface area contributed by atoms with Crippen LogP contribution in [0.25, 0.3) is 0 Å². The monoisotopic (exact) mass is 274 g/mol. The number of fused-ring (bicyclic) bond motifs is 2. The van der Waals surface area contributed by atoms with Crippen LogP contribution in [0.3, 0.4) is 0 Å². The fourth-order valence-electron chi connectivity index (χ4n) is 2.15. The highest BCUT2D eigenvalue weighted by Crippen LogP contribution is 2.47. The molecular weight excluding hydrogens is 262 g/mol. The molecule has 20 heavy (non-hydrogen) atoms. The van der Waals surface area contributed by atoms with Crippen molar-refractivity contribution >= 4 is 28.7 Å². The van der Waals surface area contributed by atoms with Crippen molar-refractivity contribution in [2.24, 2.45) is 0 Å². The number of rotatable bonds is 1. The molecule has 0 saturated heterocycles. The summed E-state index contributed by atoms with van der Waals surface area (Å²) in [5.41, 5.74) is 0.0242. The number of anilines is 5. The molecule has 1 aliphatic rings. The van der Waals surface area contributed by atoms with Crippen LogP contribution in [-0.4, -0.2) is 29.3 Å². The van der Waals surface area contributed by atoms with E-state index in [0.29, 0.717) is 10.8 Å². The van der Waals surface area contributed by atoms with E-state index in [2.05, 4.69) is 9.97 Å². The lowest BCUT2D eigenvalue weighted by Crippen LogP contribution is -2.31. The summed E-state index contributed by atoms with van der Waals surface area (Å²) in [7, 11) is 3.33. The van der Waals surface area contributed by atoms with E-state index in [0.717, 1.165) is 5.06 Å². The summed E-state index contributed by atoms with van der Waals surface area (Å²) in [4.78, 5) is 19.3. The summed E-state index contributed by atoms with van der Waals surface area (Å²) in [6.07, 6.45) is 0. The Morgan fingerprint density at radius 1 is 1.30 bits per heavy atom. The smallest absolute Gasteiger partial charge is 0.348 e. The third kappa shape index (κ3) is 1.63. The van der Waals surface area contributed by atoms with Gasteiger partial charge in [0.05, 0.1) is 11.4 Å². The second-order valence-electron chi connectivity index (χ2n) is 4.55. The molecule has 2 heterocycles. The molecule has 0 unspecified atom stereocenters. The summed E-state index contributed by atoms with van der Waals surface area (Å²) in [5, 5.41) is 24.1. The van der Waals surface area contributed by atoms with E-state index < -0.39 is 5.69 Å². The predicted molar refractivity (Wildman–Crippen MR) is 75.1 cm³/mol. The molecule has 0 amide bonds. The zero-order valence-electron chi connectivity index (χ0n) is 10.9. The van der Waals surface area contributed by atoms with Crippen LogP contribution in [0, 0.1) is 5.21 Å². The average molecular weight is 274 g/mol. The van der Waals surface area contributed by atoms with Gasteiger partial charge < -0.3 is 15.2 Å². The molecule has 0 bridgehead atoms. The van der Waals surface area contributed by atoms with Gasteiger partial charge in [-0.3, -0.25) is 10.2 Å². The number of nitrogens with one attached hydrogen (secondary N) is 1. The fraction of sp³-hybridized carbons (Fsp3) is 0.167. The molecule has 0 radical (unpaired) electrons. The third-order valence-electron chi connectivity index (χ3n) is 3.04. The van der Waals surface area contributed by atoms with E-state index in [1.165, 1.54) is 0 Å². The fourth-order valence-corrected chi connectivity index (χ4v) is 2.15. The van der Waals surface area contributed by atoms with Crippen molar-refractivity contribution in [2.75, 3.05) is 29.1 Å². The van der Waals surface area contributed by atoms with Crippen LogP contribution in [0.1, 0.15) is 0 Å². The normalized spacial score (nSPS) is 13.0. The third-order valence-corrected chi connectivity index (χ3v) is 3.04. The first kappa shape index (κ1) is 12.5. The minimum Gasteiger partial charge on any atom is -0.754 e. The summed E-state index contributed by atoms with van der Waals surface area (Å²) in [6, 6.07) is 6.54. The van der Waals surface area contributed by atoms with Crippen LogP contribution < -0.4 is 20.7 Å². The maximum absolute atomic E-state index is 12.5. The Morgan fingerprint density at radius 2 is 1.95 bits per heavy atom. The molecule has 104 valence electrons. The SMILES string of the molecule is CN(C)c1nc(=O)[nH]c2c1N([O-])c1ccccc1N2O. The van der Waals surface area contributed by atoms with E-state index in [4.69, 9.17) is 0 Å². The second-order valence-corrected chi connectivity index (χ2v) is 4.55. The summed E-state index contributed by atoms with van der Waals surface area (Å²) in [5.74, 6) is 0.190. The lowest BCUT2D eigenvalue weighted by atomic mass is 10.2. The summed E-state index contributed by atoms with van der Waals surface area (Å²) in [6.45, 7) is 0. The molecule has 0 saturated carbocycles. The minimum absolute atomic E-state index is 0.00222. The largest absolute Gasteiger partial charge is 0.754 e. The number of benzene rings is 1. The Hall–Kier alpha value is -2.58. The molecule has 3 rings (SSSR count). The minimum atomic E-state index is -0.640. The van der Waals surface area contributed by atoms with Crippen LogP contribution in [-0.2, 0) is 0 Å². The maximum Gasteiger partial charge on any atom is 0.348 e. The number of hydrogen-bond acceptors (Lipinski definition) is 7. The number of aromatic amines is 1. The summed E-state index contributed by atoms with van der Waals surface area (Å²) < 4.78 is 0. The zero-order valence-corrected chi connectivity index (χ0v) is 10.9. The maximum atomic E-state index is 12.5. The van der Waals surface area contributed by atoms with E-state index in [1.807, 2.05) is 0 Å². The first-order chi connectivity index (χ1) is 9.50.